The average Bonchev–Trinajstić information content (AvgIpc) is 2.96. The lowest BCUT2D eigenvalue weighted by molar-refractivity contribution is -0.121. The molecule has 0 aliphatic heterocycles. The second-order valence-corrected chi connectivity index (χ2v) is 5.53. The maximum absolute atomic E-state index is 11.7. The highest BCUT2D eigenvalue weighted by molar-refractivity contribution is 5.75. The minimum absolute atomic E-state index is 0.205. The molecule has 1 aromatic rings. The largest absolute Gasteiger partial charge is 0.364 e. The Morgan fingerprint density at radius 1 is 1.37 bits per heavy atom. The van der Waals surface area contributed by atoms with E-state index in [1.807, 2.05) is 0 Å². The Morgan fingerprint density at radius 2 is 2.21 bits per heavy atom. The van der Waals surface area contributed by atoms with E-state index in [1.54, 1.807) is 12.5 Å². The van der Waals surface area contributed by atoms with Gasteiger partial charge in [-0.05, 0) is 25.2 Å². The molecule has 1 heterocycles. The predicted molar refractivity (Wildman–Crippen MR) is 73.6 cm³/mol. The van der Waals surface area contributed by atoms with Crippen LogP contribution in [0.25, 0.3) is 0 Å². The highest BCUT2D eigenvalue weighted by Gasteiger charge is 2.14. The SMILES string of the molecule is O=C(CCC1CCCCC1)NCCCc1cnoc1. The third-order valence-corrected chi connectivity index (χ3v) is 3.95. The van der Waals surface area contributed by atoms with Crippen molar-refractivity contribution in [1.29, 1.82) is 0 Å². The van der Waals surface area contributed by atoms with Crippen molar-refractivity contribution in [3.63, 3.8) is 0 Å². The Kier molecular flexibility index (Phi) is 5.92. The van der Waals surface area contributed by atoms with Gasteiger partial charge in [0.15, 0.2) is 0 Å². The van der Waals surface area contributed by atoms with E-state index in [0.717, 1.165) is 37.3 Å². The molecule has 19 heavy (non-hydrogen) atoms. The van der Waals surface area contributed by atoms with Crippen molar-refractivity contribution in [3.05, 3.63) is 18.0 Å². The number of carbonyl (C=O) groups is 1. The van der Waals surface area contributed by atoms with Gasteiger partial charge in [0, 0.05) is 18.5 Å². The van der Waals surface area contributed by atoms with E-state index in [1.165, 1.54) is 32.1 Å². The number of nitrogens with one attached hydrogen (secondary N) is 1. The molecule has 0 aromatic carbocycles. The van der Waals surface area contributed by atoms with Crippen molar-refractivity contribution in [2.24, 2.45) is 5.92 Å². The van der Waals surface area contributed by atoms with Crippen molar-refractivity contribution in [2.45, 2.75) is 57.8 Å². The van der Waals surface area contributed by atoms with Gasteiger partial charge in [-0.1, -0.05) is 37.3 Å². The van der Waals surface area contributed by atoms with Gasteiger partial charge in [0.1, 0.15) is 6.26 Å². The highest BCUT2D eigenvalue weighted by atomic mass is 16.5. The zero-order chi connectivity index (χ0) is 13.3. The molecule has 4 heteroatoms. The standard InChI is InChI=1S/C15H24N2O2/c18-15(9-8-13-5-2-1-3-6-13)16-10-4-7-14-11-17-19-12-14/h11-13H,1-10H2,(H,16,18). The smallest absolute Gasteiger partial charge is 0.220 e. The molecule has 1 N–H and O–H groups in total. The number of rotatable bonds is 7. The fourth-order valence-electron chi connectivity index (χ4n) is 2.77. The Morgan fingerprint density at radius 3 is 2.95 bits per heavy atom. The molecule has 2 rings (SSSR count). The van der Waals surface area contributed by atoms with Crippen LogP contribution in [0.1, 0.15) is 56.9 Å². The minimum atomic E-state index is 0.205. The molecule has 1 amide bonds. The van der Waals surface area contributed by atoms with Gasteiger partial charge in [-0.25, -0.2) is 0 Å². The van der Waals surface area contributed by atoms with Gasteiger partial charge < -0.3 is 9.84 Å². The fraction of sp³-hybridized carbons (Fsp3) is 0.733. The molecule has 1 aromatic heterocycles. The van der Waals surface area contributed by atoms with Crippen LogP contribution >= 0.6 is 0 Å². The van der Waals surface area contributed by atoms with Crippen LogP contribution in [0.3, 0.4) is 0 Å². The van der Waals surface area contributed by atoms with E-state index in [0.29, 0.717) is 6.42 Å². The highest BCUT2D eigenvalue weighted by Crippen LogP contribution is 2.27. The summed E-state index contributed by atoms with van der Waals surface area (Å²) in [5.41, 5.74) is 1.09. The molecule has 1 saturated carbocycles. The van der Waals surface area contributed by atoms with Crippen molar-refractivity contribution >= 4 is 5.91 Å². The molecule has 0 bridgehead atoms. The summed E-state index contributed by atoms with van der Waals surface area (Å²) in [4.78, 5) is 11.7. The summed E-state index contributed by atoms with van der Waals surface area (Å²) in [6.07, 6.45) is 13.7. The zero-order valence-electron chi connectivity index (χ0n) is 11.6. The van der Waals surface area contributed by atoms with Crippen LogP contribution in [-0.2, 0) is 11.2 Å². The van der Waals surface area contributed by atoms with Crippen molar-refractivity contribution in [3.8, 4) is 0 Å². The van der Waals surface area contributed by atoms with Crippen molar-refractivity contribution in [1.82, 2.24) is 10.5 Å². The molecule has 106 valence electrons. The molecule has 1 aliphatic carbocycles. The number of nitrogens with zero attached hydrogens (tertiary/aromatic N) is 1. The third kappa shape index (κ3) is 5.45. The first-order valence-corrected chi connectivity index (χ1v) is 7.49. The maximum Gasteiger partial charge on any atom is 0.220 e. The van der Waals surface area contributed by atoms with E-state index in [9.17, 15) is 4.79 Å². The summed E-state index contributed by atoms with van der Waals surface area (Å²) in [5.74, 6) is 0.993. The Hall–Kier alpha value is -1.32. The van der Waals surface area contributed by atoms with Gasteiger partial charge in [-0.15, -0.1) is 0 Å². The lowest BCUT2D eigenvalue weighted by Gasteiger charge is -2.20. The van der Waals surface area contributed by atoms with Crippen LogP contribution in [-0.4, -0.2) is 17.6 Å². The third-order valence-electron chi connectivity index (χ3n) is 3.95. The maximum atomic E-state index is 11.7. The summed E-state index contributed by atoms with van der Waals surface area (Å²) < 4.78 is 4.76. The fourth-order valence-corrected chi connectivity index (χ4v) is 2.77. The molecule has 4 nitrogen and oxygen atoms in total. The number of aryl methyl sites for hydroxylation is 1. The van der Waals surface area contributed by atoms with E-state index in [2.05, 4.69) is 10.5 Å². The Balaban J connectivity index is 1.49. The van der Waals surface area contributed by atoms with E-state index < -0.39 is 0 Å². The molecule has 1 aliphatic rings. The molecule has 1 fully saturated rings. The van der Waals surface area contributed by atoms with Crippen LogP contribution in [0, 0.1) is 5.92 Å². The van der Waals surface area contributed by atoms with Gasteiger partial charge in [0.05, 0.1) is 6.20 Å². The number of amides is 1. The van der Waals surface area contributed by atoms with Crippen LogP contribution < -0.4 is 5.32 Å². The lowest BCUT2D eigenvalue weighted by atomic mass is 9.86. The molecule has 0 spiro atoms. The lowest BCUT2D eigenvalue weighted by Crippen LogP contribution is -2.25. The van der Waals surface area contributed by atoms with Gasteiger partial charge in [-0.2, -0.15) is 0 Å². The Labute approximate surface area is 114 Å². The predicted octanol–water partition coefficient (Wildman–Crippen LogP) is 3.08. The first kappa shape index (κ1) is 14.1. The van der Waals surface area contributed by atoms with Gasteiger partial charge in [0.2, 0.25) is 5.91 Å². The zero-order valence-corrected chi connectivity index (χ0v) is 11.6. The van der Waals surface area contributed by atoms with Crippen molar-refractivity contribution in [2.75, 3.05) is 6.54 Å². The topological polar surface area (TPSA) is 55.1 Å². The monoisotopic (exact) mass is 264 g/mol. The molecule has 0 radical (unpaired) electrons. The molecule has 0 saturated heterocycles. The van der Waals surface area contributed by atoms with Gasteiger partial charge >= 0.3 is 0 Å². The van der Waals surface area contributed by atoms with Gasteiger partial charge in [0.25, 0.3) is 0 Å². The van der Waals surface area contributed by atoms with Crippen LogP contribution in [0.2, 0.25) is 0 Å². The van der Waals surface area contributed by atoms with E-state index in [4.69, 9.17) is 4.52 Å². The van der Waals surface area contributed by atoms with Crippen LogP contribution in [0.15, 0.2) is 17.0 Å². The molecule has 0 unspecified atom stereocenters. The summed E-state index contributed by atoms with van der Waals surface area (Å²) in [6.45, 7) is 0.745. The number of aromatic nitrogens is 1. The van der Waals surface area contributed by atoms with Crippen LogP contribution in [0.5, 0.6) is 0 Å². The number of carbonyl (C=O) groups excluding carboxylic acids is 1. The summed E-state index contributed by atoms with van der Waals surface area (Å²) in [6, 6.07) is 0. The molecule has 0 atom stereocenters. The van der Waals surface area contributed by atoms with E-state index in [-0.39, 0.29) is 5.91 Å². The van der Waals surface area contributed by atoms with E-state index >= 15 is 0 Å². The molecular formula is C15H24N2O2. The van der Waals surface area contributed by atoms with Gasteiger partial charge in [-0.3, -0.25) is 4.79 Å². The summed E-state index contributed by atoms with van der Waals surface area (Å²) in [7, 11) is 0. The Bertz CT molecular complexity index is 356. The normalized spacial score (nSPS) is 16.4. The quantitative estimate of drug-likeness (QED) is 0.770. The van der Waals surface area contributed by atoms with Crippen molar-refractivity contribution < 1.29 is 9.32 Å². The average molecular weight is 264 g/mol. The first-order valence-electron chi connectivity index (χ1n) is 7.49. The molecular weight excluding hydrogens is 240 g/mol. The first-order chi connectivity index (χ1) is 9.34. The summed E-state index contributed by atoms with van der Waals surface area (Å²) >= 11 is 0. The second-order valence-electron chi connectivity index (χ2n) is 5.53. The summed E-state index contributed by atoms with van der Waals surface area (Å²) in [5, 5.41) is 6.65. The number of hydrogen-bond donors (Lipinski definition) is 1. The minimum Gasteiger partial charge on any atom is -0.364 e. The van der Waals surface area contributed by atoms with Crippen LogP contribution in [0.4, 0.5) is 0 Å². The number of hydrogen-bond acceptors (Lipinski definition) is 3. The second kappa shape index (κ2) is 7.97.